The summed E-state index contributed by atoms with van der Waals surface area (Å²) < 4.78 is 26.4. The summed E-state index contributed by atoms with van der Waals surface area (Å²) in [7, 11) is 0. The molecule has 0 aliphatic rings. The number of ketones is 1. The van der Waals surface area contributed by atoms with Crippen LogP contribution < -0.4 is 5.73 Å². The van der Waals surface area contributed by atoms with Crippen molar-refractivity contribution < 1.29 is 13.6 Å². The third-order valence-corrected chi connectivity index (χ3v) is 2.75. The summed E-state index contributed by atoms with van der Waals surface area (Å²) in [6.07, 6.45) is 0. The number of hydrogen-bond donors (Lipinski definition) is 1. The standard InChI is InChI=1S/C13H8ClF2NO/c14-9-3-1-7(5-10(9)15)13(18)8-2-4-12(17)11(16)6-8/h1-6H,17H2. The second-order valence-corrected chi connectivity index (χ2v) is 4.10. The van der Waals surface area contributed by atoms with E-state index in [0.717, 1.165) is 12.1 Å². The number of benzene rings is 2. The molecule has 18 heavy (non-hydrogen) atoms. The Morgan fingerprint density at radius 3 is 2.11 bits per heavy atom. The Morgan fingerprint density at radius 2 is 1.56 bits per heavy atom. The van der Waals surface area contributed by atoms with Gasteiger partial charge in [0.1, 0.15) is 11.6 Å². The molecular weight excluding hydrogens is 260 g/mol. The molecule has 0 spiro atoms. The van der Waals surface area contributed by atoms with Gasteiger partial charge in [-0.1, -0.05) is 11.6 Å². The van der Waals surface area contributed by atoms with E-state index in [1.165, 1.54) is 24.3 Å². The van der Waals surface area contributed by atoms with Crippen LogP contribution in [0, 0.1) is 11.6 Å². The zero-order chi connectivity index (χ0) is 13.3. The largest absolute Gasteiger partial charge is 0.396 e. The molecule has 0 bridgehead atoms. The van der Waals surface area contributed by atoms with Crippen LogP contribution in [0.1, 0.15) is 15.9 Å². The molecule has 0 saturated heterocycles. The number of rotatable bonds is 2. The predicted octanol–water partition coefficient (Wildman–Crippen LogP) is 3.43. The van der Waals surface area contributed by atoms with Crippen LogP contribution in [-0.4, -0.2) is 5.78 Å². The molecule has 0 aliphatic heterocycles. The van der Waals surface area contributed by atoms with E-state index in [9.17, 15) is 13.6 Å². The quantitative estimate of drug-likeness (QED) is 0.669. The van der Waals surface area contributed by atoms with E-state index in [1.807, 2.05) is 0 Å². The van der Waals surface area contributed by atoms with Gasteiger partial charge < -0.3 is 5.73 Å². The maximum Gasteiger partial charge on any atom is 0.193 e. The number of carbonyl (C=O) groups is 1. The van der Waals surface area contributed by atoms with Crippen molar-refractivity contribution in [3.05, 3.63) is 64.2 Å². The Balaban J connectivity index is 2.41. The van der Waals surface area contributed by atoms with E-state index >= 15 is 0 Å². The first-order chi connectivity index (χ1) is 8.49. The van der Waals surface area contributed by atoms with Gasteiger partial charge in [0.25, 0.3) is 0 Å². The molecule has 0 aromatic heterocycles. The molecule has 2 aromatic carbocycles. The van der Waals surface area contributed by atoms with Gasteiger partial charge in [-0.15, -0.1) is 0 Å². The van der Waals surface area contributed by atoms with Crippen LogP contribution in [0.3, 0.4) is 0 Å². The summed E-state index contributed by atoms with van der Waals surface area (Å²) in [5.74, 6) is -1.88. The lowest BCUT2D eigenvalue weighted by atomic mass is 10.0. The van der Waals surface area contributed by atoms with Gasteiger partial charge in [-0.25, -0.2) is 8.78 Å². The Labute approximate surface area is 107 Å². The lowest BCUT2D eigenvalue weighted by Gasteiger charge is -2.04. The highest BCUT2D eigenvalue weighted by molar-refractivity contribution is 6.30. The molecule has 5 heteroatoms. The lowest BCUT2D eigenvalue weighted by molar-refractivity contribution is 0.103. The monoisotopic (exact) mass is 267 g/mol. The number of halogens is 3. The first kappa shape index (κ1) is 12.5. The van der Waals surface area contributed by atoms with Gasteiger partial charge in [-0.05, 0) is 36.4 Å². The molecular formula is C13H8ClF2NO. The van der Waals surface area contributed by atoms with Gasteiger partial charge in [-0.3, -0.25) is 4.79 Å². The minimum atomic E-state index is -0.696. The van der Waals surface area contributed by atoms with E-state index in [2.05, 4.69) is 0 Å². The van der Waals surface area contributed by atoms with Crippen molar-refractivity contribution in [3.8, 4) is 0 Å². The van der Waals surface area contributed by atoms with Gasteiger partial charge >= 0.3 is 0 Å². The highest BCUT2D eigenvalue weighted by Gasteiger charge is 2.13. The molecule has 2 rings (SSSR count). The average molecular weight is 268 g/mol. The highest BCUT2D eigenvalue weighted by atomic mass is 35.5. The van der Waals surface area contributed by atoms with Crippen LogP contribution in [0.25, 0.3) is 0 Å². The maximum atomic E-state index is 13.2. The first-order valence-corrected chi connectivity index (χ1v) is 5.41. The van der Waals surface area contributed by atoms with Crippen LogP contribution >= 0.6 is 11.6 Å². The Bertz CT molecular complexity index is 575. The molecule has 0 unspecified atom stereocenters. The molecule has 2 aromatic rings. The second kappa shape index (κ2) is 4.74. The number of hydrogen-bond acceptors (Lipinski definition) is 2. The van der Waals surface area contributed by atoms with Crippen molar-refractivity contribution in [2.75, 3.05) is 5.73 Å². The fourth-order valence-corrected chi connectivity index (χ4v) is 1.59. The van der Waals surface area contributed by atoms with Crippen molar-refractivity contribution in [1.29, 1.82) is 0 Å². The third kappa shape index (κ3) is 2.33. The smallest absolute Gasteiger partial charge is 0.193 e. The van der Waals surface area contributed by atoms with Gasteiger partial charge in [0.15, 0.2) is 5.78 Å². The van der Waals surface area contributed by atoms with E-state index in [-0.39, 0.29) is 21.8 Å². The minimum Gasteiger partial charge on any atom is -0.396 e. The summed E-state index contributed by atoms with van der Waals surface area (Å²) in [5.41, 5.74) is 5.46. The Hall–Kier alpha value is -1.94. The molecule has 0 amide bonds. The zero-order valence-electron chi connectivity index (χ0n) is 9.08. The number of nitrogens with two attached hydrogens (primary N) is 1. The van der Waals surface area contributed by atoms with Crippen molar-refractivity contribution in [2.24, 2.45) is 0 Å². The van der Waals surface area contributed by atoms with E-state index in [4.69, 9.17) is 17.3 Å². The first-order valence-electron chi connectivity index (χ1n) is 5.04. The molecule has 0 heterocycles. The third-order valence-electron chi connectivity index (χ3n) is 2.44. The maximum absolute atomic E-state index is 13.2. The topological polar surface area (TPSA) is 43.1 Å². The lowest BCUT2D eigenvalue weighted by Crippen LogP contribution is -2.03. The second-order valence-electron chi connectivity index (χ2n) is 3.69. The van der Waals surface area contributed by atoms with Crippen molar-refractivity contribution in [2.45, 2.75) is 0 Å². The predicted molar refractivity (Wildman–Crippen MR) is 65.7 cm³/mol. The Kier molecular flexibility index (Phi) is 3.30. The number of carbonyl (C=O) groups excluding carboxylic acids is 1. The van der Waals surface area contributed by atoms with Crippen molar-refractivity contribution >= 4 is 23.1 Å². The van der Waals surface area contributed by atoms with Crippen molar-refractivity contribution in [3.63, 3.8) is 0 Å². The fourth-order valence-electron chi connectivity index (χ4n) is 1.47. The molecule has 0 saturated carbocycles. The molecule has 2 N–H and O–H groups in total. The fraction of sp³-hybridized carbons (Fsp3) is 0. The molecule has 0 aliphatic carbocycles. The van der Waals surface area contributed by atoms with Crippen LogP contribution in [-0.2, 0) is 0 Å². The summed E-state index contributed by atoms with van der Waals surface area (Å²) >= 11 is 5.51. The van der Waals surface area contributed by atoms with Gasteiger partial charge in [0, 0.05) is 11.1 Å². The SMILES string of the molecule is Nc1ccc(C(=O)c2ccc(Cl)c(F)c2)cc1F. The van der Waals surface area contributed by atoms with E-state index in [0.29, 0.717) is 0 Å². The molecule has 0 radical (unpaired) electrons. The van der Waals surface area contributed by atoms with Crippen LogP contribution in [0.5, 0.6) is 0 Å². The van der Waals surface area contributed by atoms with Crippen LogP contribution in [0.15, 0.2) is 36.4 Å². The van der Waals surface area contributed by atoms with Gasteiger partial charge in [0.2, 0.25) is 0 Å². The molecule has 2 nitrogen and oxygen atoms in total. The minimum absolute atomic E-state index is 0.0474. The van der Waals surface area contributed by atoms with Crippen molar-refractivity contribution in [1.82, 2.24) is 0 Å². The number of anilines is 1. The van der Waals surface area contributed by atoms with E-state index in [1.54, 1.807) is 0 Å². The van der Waals surface area contributed by atoms with E-state index < -0.39 is 17.4 Å². The summed E-state index contributed by atoms with van der Waals surface area (Å²) in [4.78, 5) is 12.0. The normalized spacial score (nSPS) is 10.4. The van der Waals surface area contributed by atoms with Gasteiger partial charge in [0.05, 0.1) is 10.7 Å². The summed E-state index contributed by atoms with van der Waals surface area (Å²) in [6, 6.07) is 7.35. The number of nitrogen functional groups attached to an aromatic ring is 1. The highest BCUT2D eigenvalue weighted by Crippen LogP contribution is 2.19. The molecule has 0 fully saturated rings. The molecule has 92 valence electrons. The zero-order valence-corrected chi connectivity index (χ0v) is 9.84. The molecule has 0 atom stereocenters. The summed E-state index contributed by atoms with van der Waals surface area (Å²) in [5, 5.41) is -0.0740. The Morgan fingerprint density at radius 1 is 1.00 bits per heavy atom. The van der Waals surface area contributed by atoms with Crippen LogP contribution in [0.2, 0.25) is 5.02 Å². The van der Waals surface area contributed by atoms with Crippen LogP contribution in [0.4, 0.5) is 14.5 Å². The average Bonchev–Trinajstić information content (AvgIpc) is 2.35. The summed E-state index contributed by atoms with van der Waals surface area (Å²) in [6.45, 7) is 0. The van der Waals surface area contributed by atoms with Gasteiger partial charge in [-0.2, -0.15) is 0 Å².